The standard InChI is InChI=1S/C17H31N3S/c1-16(2,3)15-19-12-14(21-15)11-18-13-7-9-20(10-8-13)17(4,5)6/h12-13,18H,7-11H2,1-6H3. The average Bonchev–Trinajstić information content (AvgIpc) is 2.84. The molecule has 0 atom stereocenters. The normalized spacial score (nSPS) is 19.1. The third-order valence-corrected chi connectivity index (χ3v) is 5.63. The van der Waals surface area contributed by atoms with E-state index in [1.807, 2.05) is 17.5 Å². The molecule has 3 nitrogen and oxygen atoms in total. The van der Waals surface area contributed by atoms with Crippen molar-refractivity contribution in [2.24, 2.45) is 0 Å². The van der Waals surface area contributed by atoms with Crippen LogP contribution in [0.5, 0.6) is 0 Å². The molecule has 0 saturated carbocycles. The maximum atomic E-state index is 4.57. The van der Waals surface area contributed by atoms with E-state index in [1.165, 1.54) is 35.8 Å². The van der Waals surface area contributed by atoms with Crippen LogP contribution in [0.2, 0.25) is 0 Å². The van der Waals surface area contributed by atoms with Gasteiger partial charge < -0.3 is 5.32 Å². The highest BCUT2D eigenvalue weighted by Gasteiger charge is 2.26. The first-order chi connectivity index (χ1) is 9.66. The highest BCUT2D eigenvalue weighted by Crippen LogP contribution is 2.27. The molecule has 1 aromatic rings. The smallest absolute Gasteiger partial charge is 0.0981 e. The Morgan fingerprint density at radius 1 is 1.19 bits per heavy atom. The molecule has 1 aliphatic heterocycles. The fourth-order valence-electron chi connectivity index (χ4n) is 2.74. The van der Waals surface area contributed by atoms with Crippen molar-refractivity contribution in [2.75, 3.05) is 13.1 Å². The maximum Gasteiger partial charge on any atom is 0.0981 e. The third kappa shape index (κ3) is 4.76. The number of nitrogens with zero attached hydrogens (tertiary/aromatic N) is 2. The molecule has 0 unspecified atom stereocenters. The number of likely N-dealkylation sites (tertiary alicyclic amines) is 1. The topological polar surface area (TPSA) is 28.2 Å². The number of nitrogens with one attached hydrogen (secondary N) is 1. The van der Waals surface area contributed by atoms with Crippen LogP contribution in [0.1, 0.15) is 64.3 Å². The van der Waals surface area contributed by atoms with Crippen molar-refractivity contribution in [3.63, 3.8) is 0 Å². The zero-order valence-electron chi connectivity index (χ0n) is 14.5. The Labute approximate surface area is 134 Å². The van der Waals surface area contributed by atoms with Gasteiger partial charge in [-0.15, -0.1) is 11.3 Å². The van der Waals surface area contributed by atoms with E-state index in [0.29, 0.717) is 11.6 Å². The third-order valence-electron chi connectivity index (χ3n) is 4.20. The second-order valence-electron chi connectivity index (χ2n) is 8.19. The summed E-state index contributed by atoms with van der Waals surface area (Å²) in [7, 11) is 0. The number of piperidine rings is 1. The van der Waals surface area contributed by atoms with Gasteiger partial charge in [0.1, 0.15) is 0 Å². The zero-order chi connectivity index (χ0) is 15.7. The number of hydrogen-bond donors (Lipinski definition) is 1. The fraction of sp³-hybridized carbons (Fsp3) is 0.824. The zero-order valence-corrected chi connectivity index (χ0v) is 15.3. The summed E-state index contributed by atoms with van der Waals surface area (Å²) in [6.45, 7) is 17.0. The first-order valence-electron chi connectivity index (χ1n) is 8.10. The monoisotopic (exact) mass is 309 g/mol. The average molecular weight is 310 g/mol. The van der Waals surface area contributed by atoms with Crippen molar-refractivity contribution in [1.82, 2.24) is 15.2 Å². The quantitative estimate of drug-likeness (QED) is 0.920. The minimum absolute atomic E-state index is 0.168. The summed E-state index contributed by atoms with van der Waals surface area (Å²) in [5.41, 5.74) is 0.477. The highest BCUT2D eigenvalue weighted by molar-refractivity contribution is 7.11. The Hall–Kier alpha value is -0.450. The van der Waals surface area contributed by atoms with Gasteiger partial charge in [-0.05, 0) is 33.6 Å². The fourth-order valence-corrected chi connectivity index (χ4v) is 3.66. The van der Waals surface area contributed by atoms with E-state index >= 15 is 0 Å². The van der Waals surface area contributed by atoms with Gasteiger partial charge in [-0.2, -0.15) is 0 Å². The van der Waals surface area contributed by atoms with Crippen molar-refractivity contribution in [3.8, 4) is 0 Å². The number of aromatic nitrogens is 1. The van der Waals surface area contributed by atoms with E-state index in [-0.39, 0.29) is 5.41 Å². The Balaban J connectivity index is 1.79. The van der Waals surface area contributed by atoms with Crippen molar-refractivity contribution in [3.05, 3.63) is 16.1 Å². The lowest BCUT2D eigenvalue weighted by molar-refractivity contribution is 0.0961. The van der Waals surface area contributed by atoms with Crippen LogP contribution in [0.15, 0.2) is 6.20 Å². The second-order valence-corrected chi connectivity index (χ2v) is 9.31. The predicted octanol–water partition coefficient (Wildman–Crippen LogP) is 3.79. The van der Waals surface area contributed by atoms with E-state index < -0.39 is 0 Å². The van der Waals surface area contributed by atoms with E-state index in [2.05, 4.69) is 56.7 Å². The van der Waals surface area contributed by atoms with Gasteiger partial charge in [0.25, 0.3) is 0 Å². The molecule has 0 spiro atoms. The molecule has 1 fully saturated rings. The van der Waals surface area contributed by atoms with Gasteiger partial charge in [0.05, 0.1) is 5.01 Å². The van der Waals surface area contributed by atoms with Crippen molar-refractivity contribution < 1.29 is 0 Å². The van der Waals surface area contributed by atoms with Gasteiger partial charge >= 0.3 is 0 Å². The molecule has 2 rings (SSSR count). The summed E-state index contributed by atoms with van der Waals surface area (Å²) >= 11 is 1.85. The molecule has 0 aromatic carbocycles. The Morgan fingerprint density at radius 2 is 1.81 bits per heavy atom. The minimum Gasteiger partial charge on any atom is -0.309 e. The molecule has 1 aliphatic rings. The van der Waals surface area contributed by atoms with Gasteiger partial charge in [0, 0.05) is 47.7 Å². The van der Waals surface area contributed by atoms with Crippen LogP contribution in [0, 0.1) is 0 Å². The molecule has 1 N–H and O–H groups in total. The van der Waals surface area contributed by atoms with Crippen LogP contribution in [0.3, 0.4) is 0 Å². The summed E-state index contributed by atoms with van der Waals surface area (Å²) in [4.78, 5) is 8.52. The molecule has 1 saturated heterocycles. The lowest BCUT2D eigenvalue weighted by Crippen LogP contribution is -2.49. The molecule has 0 amide bonds. The molecule has 0 radical (unpaired) electrons. The maximum absolute atomic E-state index is 4.57. The molecule has 1 aromatic heterocycles. The molecular weight excluding hydrogens is 278 g/mol. The van der Waals surface area contributed by atoms with Crippen LogP contribution in [0.4, 0.5) is 0 Å². The summed E-state index contributed by atoms with van der Waals surface area (Å²) in [5, 5.41) is 4.96. The molecule has 0 bridgehead atoms. The molecule has 120 valence electrons. The van der Waals surface area contributed by atoms with Gasteiger partial charge in [0.15, 0.2) is 0 Å². The lowest BCUT2D eigenvalue weighted by atomic mass is 9.98. The largest absolute Gasteiger partial charge is 0.309 e. The van der Waals surface area contributed by atoms with Gasteiger partial charge in [-0.3, -0.25) is 4.90 Å². The second kappa shape index (κ2) is 6.35. The number of rotatable bonds is 3. The van der Waals surface area contributed by atoms with Crippen LogP contribution in [-0.4, -0.2) is 34.6 Å². The van der Waals surface area contributed by atoms with Crippen LogP contribution in [0.25, 0.3) is 0 Å². The summed E-state index contributed by atoms with van der Waals surface area (Å²) in [6, 6.07) is 0.656. The molecule has 0 aliphatic carbocycles. The van der Waals surface area contributed by atoms with Crippen molar-refractivity contribution >= 4 is 11.3 Å². The summed E-state index contributed by atoms with van der Waals surface area (Å²) in [6.07, 6.45) is 4.55. The summed E-state index contributed by atoms with van der Waals surface area (Å²) in [5.74, 6) is 0. The van der Waals surface area contributed by atoms with Gasteiger partial charge in [0.2, 0.25) is 0 Å². The van der Waals surface area contributed by atoms with Gasteiger partial charge in [-0.25, -0.2) is 4.98 Å². The predicted molar refractivity (Wildman–Crippen MR) is 92.0 cm³/mol. The minimum atomic E-state index is 0.168. The van der Waals surface area contributed by atoms with E-state index in [9.17, 15) is 0 Å². The van der Waals surface area contributed by atoms with Crippen LogP contribution in [-0.2, 0) is 12.0 Å². The summed E-state index contributed by atoms with van der Waals surface area (Å²) < 4.78 is 0. The van der Waals surface area contributed by atoms with Crippen molar-refractivity contribution in [1.29, 1.82) is 0 Å². The molecule has 4 heteroatoms. The first kappa shape index (κ1) is 16.9. The first-order valence-corrected chi connectivity index (χ1v) is 8.91. The molecule has 21 heavy (non-hydrogen) atoms. The van der Waals surface area contributed by atoms with Crippen LogP contribution < -0.4 is 5.32 Å². The van der Waals surface area contributed by atoms with Crippen LogP contribution >= 0.6 is 11.3 Å². The Morgan fingerprint density at radius 3 is 2.29 bits per heavy atom. The van der Waals surface area contributed by atoms with E-state index in [0.717, 1.165) is 6.54 Å². The van der Waals surface area contributed by atoms with E-state index in [1.54, 1.807) is 0 Å². The lowest BCUT2D eigenvalue weighted by Gasteiger charge is -2.41. The number of hydrogen-bond acceptors (Lipinski definition) is 4. The Kier molecular flexibility index (Phi) is 5.11. The van der Waals surface area contributed by atoms with Gasteiger partial charge in [-0.1, -0.05) is 20.8 Å². The highest BCUT2D eigenvalue weighted by atomic mass is 32.1. The van der Waals surface area contributed by atoms with E-state index in [4.69, 9.17) is 0 Å². The Bertz CT molecular complexity index is 445. The SMILES string of the molecule is CC(C)(C)c1ncc(CNC2CCN(C(C)(C)C)CC2)s1. The molecule has 2 heterocycles. The van der Waals surface area contributed by atoms with Crippen molar-refractivity contribution in [2.45, 2.75) is 77.9 Å². The molecular formula is C17H31N3S. The number of thiazole rings is 1.